The van der Waals surface area contributed by atoms with Crippen LogP contribution in [0.1, 0.15) is 15.9 Å². The van der Waals surface area contributed by atoms with Gasteiger partial charge in [-0.05, 0) is 73.2 Å². The molecule has 2 aliphatic heterocycles. The summed E-state index contributed by atoms with van der Waals surface area (Å²) >= 11 is 7.34. The lowest BCUT2D eigenvalue weighted by atomic mass is 10.1. The normalized spacial score (nSPS) is 20.1. The SMILES string of the molecule is Cc1ccc(C(=O)Nc2ccc(Oc3ccc(Cl)cc3)cc2)cc1NC1=N[C@@H]2CS(=O)(=O)C[C@@H]2S1. The van der Waals surface area contributed by atoms with Gasteiger partial charge in [0.15, 0.2) is 15.0 Å². The van der Waals surface area contributed by atoms with Gasteiger partial charge in [0.2, 0.25) is 0 Å². The molecule has 1 saturated heterocycles. The highest BCUT2D eigenvalue weighted by Crippen LogP contribution is 2.35. The first kappa shape index (κ1) is 23.7. The van der Waals surface area contributed by atoms with E-state index in [0.29, 0.717) is 32.9 Å². The summed E-state index contributed by atoms with van der Waals surface area (Å²) in [5, 5.41) is 7.45. The van der Waals surface area contributed by atoms with Crippen molar-refractivity contribution in [2.75, 3.05) is 22.1 Å². The van der Waals surface area contributed by atoms with Gasteiger partial charge < -0.3 is 15.4 Å². The molecule has 0 bridgehead atoms. The molecule has 0 aliphatic carbocycles. The lowest BCUT2D eigenvalue weighted by Crippen LogP contribution is -2.14. The topological polar surface area (TPSA) is 96.9 Å². The largest absolute Gasteiger partial charge is 0.457 e. The molecular weight excluding hydrogens is 506 g/mol. The van der Waals surface area contributed by atoms with Crippen molar-refractivity contribution >= 4 is 55.6 Å². The van der Waals surface area contributed by atoms with E-state index in [1.807, 2.05) is 13.0 Å². The number of hydrogen-bond acceptors (Lipinski definition) is 7. The van der Waals surface area contributed by atoms with Gasteiger partial charge in [-0.3, -0.25) is 9.79 Å². The van der Waals surface area contributed by atoms with E-state index in [4.69, 9.17) is 16.3 Å². The predicted octanol–water partition coefficient (Wildman–Crippen LogP) is 5.37. The Kier molecular flexibility index (Phi) is 6.48. The summed E-state index contributed by atoms with van der Waals surface area (Å²) in [4.78, 5) is 17.4. The van der Waals surface area contributed by atoms with Crippen molar-refractivity contribution in [2.45, 2.75) is 18.2 Å². The number of benzene rings is 3. The number of carbonyl (C=O) groups excluding carboxylic acids is 1. The maximum atomic E-state index is 12.9. The molecule has 2 atom stereocenters. The van der Waals surface area contributed by atoms with Crippen molar-refractivity contribution in [3.05, 3.63) is 82.9 Å². The van der Waals surface area contributed by atoms with E-state index in [1.165, 1.54) is 11.8 Å². The van der Waals surface area contributed by atoms with Crippen molar-refractivity contribution in [2.24, 2.45) is 4.99 Å². The molecule has 5 rings (SSSR count). The first-order valence-electron chi connectivity index (χ1n) is 10.9. The molecule has 0 unspecified atom stereocenters. The van der Waals surface area contributed by atoms with Crippen molar-refractivity contribution in [1.29, 1.82) is 0 Å². The summed E-state index contributed by atoms with van der Waals surface area (Å²) in [5.41, 5.74) is 2.85. The monoisotopic (exact) mass is 527 g/mol. The van der Waals surface area contributed by atoms with E-state index in [9.17, 15) is 13.2 Å². The molecule has 1 amide bonds. The first-order valence-corrected chi connectivity index (χ1v) is 14.0. The molecule has 1 fully saturated rings. The molecule has 3 aromatic rings. The fourth-order valence-electron chi connectivity index (χ4n) is 3.88. The van der Waals surface area contributed by atoms with Crippen molar-refractivity contribution in [3.63, 3.8) is 0 Å². The van der Waals surface area contributed by atoms with Crippen LogP contribution >= 0.6 is 23.4 Å². The molecule has 0 saturated carbocycles. The minimum Gasteiger partial charge on any atom is -0.457 e. The first-order chi connectivity index (χ1) is 16.7. The van der Waals surface area contributed by atoms with Crippen LogP contribution < -0.4 is 15.4 Å². The van der Waals surface area contributed by atoms with Crippen LogP contribution in [0.4, 0.5) is 11.4 Å². The molecule has 0 spiro atoms. The quantitative estimate of drug-likeness (QED) is 0.463. The number of anilines is 2. The minimum atomic E-state index is -3.00. The van der Waals surface area contributed by atoms with Gasteiger partial charge in [-0.25, -0.2) is 8.42 Å². The number of halogens is 1. The summed E-state index contributed by atoms with van der Waals surface area (Å²) < 4.78 is 29.4. The van der Waals surface area contributed by atoms with E-state index in [0.717, 1.165) is 11.3 Å². The smallest absolute Gasteiger partial charge is 0.255 e. The number of aliphatic imine (C=N–C) groups is 1. The standard InChI is InChI=1S/C25H22ClN3O4S2/c1-15-2-3-16(12-21(15)28-25-29-22-13-35(31,32)14-23(22)34-25)24(30)27-18-6-10-20(11-7-18)33-19-8-4-17(26)5-9-19/h2-12,22-23H,13-14H2,1H3,(H,27,30)(H,28,29)/t22-,23+/m1/s1. The number of hydrogen-bond donors (Lipinski definition) is 2. The number of thioether (sulfide) groups is 1. The third kappa shape index (κ3) is 5.63. The lowest BCUT2D eigenvalue weighted by Gasteiger charge is -2.12. The van der Waals surface area contributed by atoms with Crippen LogP contribution in [0.25, 0.3) is 0 Å². The number of amides is 1. The van der Waals surface area contributed by atoms with E-state index >= 15 is 0 Å². The van der Waals surface area contributed by atoms with Gasteiger partial charge in [-0.15, -0.1) is 0 Å². The average Bonchev–Trinajstić information content (AvgIpc) is 3.30. The molecule has 2 N–H and O–H groups in total. The minimum absolute atomic E-state index is 0.0408. The molecule has 0 radical (unpaired) electrons. The highest BCUT2D eigenvalue weighted by molar-refractivity contribution is 8.15. The molecule has 0 aromatic heterocycles. The molecule has 2 heterocycles. The molecule has 35 heavy (non-hydrogen) atoms. The second kappa shape index (κ2) is 9.56. The Morgan fingerprint density at radius 1 is 1.03 bits per heavy atom. The van der Waals surface area contributed by atoms with Crippen LogP contribution in [0, 0.1) is 6.92 Å². The second-order valence-electron chi connectivity index (χ2n) is 8.42. The molecular formula is C25H22ClN3O4S2. The van der Waals surface area contributed by atoms with Crippen molar-refractivity contribution in [1.82, 2.24) is 0 Å². The number of amidine groups is 1. The molecule has 3 aromatic carbocycles. The van der Waals surface area contributed by atoms with Gasteiger partial charge in [-0.2, -0.15) is 0 Å². The third-order valence-corrected chi connectivity index (χ3v) is 9.11. The van der Waals surface area contributed by atoms with E-state index in [1.54, 1.807) is 60.7 Å². The van der Waals surface area contributed by atoms with Crippen LogP contribution in [-0.2, 0) is 9.84 Å². The van der Waals surface area contributed by atoms with Gasteiger partial charge in [0.05, 0.1) is 17.5 Å². The number of nitrogens with one attached hydrogen (secondary N) is 2. The maximum absolute atomic E-state index is 12.9. The third-order valence-electron chi connectivity index (χ3n) is 5.72. The number of sulfone groups is 1. The summed E-state index contributed by atoms with van der Waals surface area (Å²) in [5.74, 6) is 1.31. The zero-order valence-corrected chi connectivity index (χ0v) is 21.1. The van der Waals surface area contributed by atoms with Gasteiger partial charge >= 0.3 is 0 Å². The predicted molar refractivity (Wildman–Crippen MR) is 142 cm³/mol. The van der Waals surface area contributed by atoms with Crippen LogP contribution in [0.3, 0.4) is 0 Å². The number of aryl methyl sites for hydroxylation is 1. The Bertz CT molecular complexity index is 1410. The fraction of sp³-hybridized carbons (Fsp3) is 0.200. The number of nitrogens with zero attached hydrogens (tertiary/aromatic N) is 1. The van der Waals surface area contributed by atoms with Crippen LogP contribution in [0.15, 0.2) is 71.7 Å². The van der Waals surface area contributed by atoms with E-state index < -0.39 is 9.84 Å². The molecule has 180 valence electrons. The summed E-state index contributed by atoms with van der Waals surface area (Å²) in [7, 11) is -3.00. The maximum Gasteiger partial charge on any atom is 0.255 e. The average molecular weight is 528 g/mol. The Morgan fingerprint density at radius 3 is 2.40 bits per heavy atom. The summed E-state index contributed by atoms with van der Waals surface area (Å²) in [6, 6.07) is 19.4. The number of rotatable bonds is 5. The Labute approximate surface area is 212 Å². The van der Waals surface area contributed by atoms with Crippen LogP contribution in [0.2, 0.25) is 5.02 Å². The van der Waals surface area contributed by atoms with Crippen molar-refractivity contribution < 1.29 is 17.9 Å². The van der Waals surface area contributed by atoms with Crippen LogP contribution in [0.5, 0.6) is 11.5 Å². The Hall–Kier alpha value is -3.01. The van der Waals surface area contributed by atoms with Crippen molar-refractivity contribution in [3.8, 4) is 11.5 Å². The summed E-state index contributed by atoms with van der Waals surface area (Å²) in [6.45, 7) is 1.94. The van der Waals surface area contributed by atoms with Gasteiger partial charge in [-0.1, -0.05) is 29.4 Å². The highest BCUT2D eigenvalue weighted by atomic mass is 35.5. The number of ether oxygens (including phenoxy) is 1. The van der Waals surface area contributed by atoms with Gasteiger partial charge in [0, 0.05) is 27.2 Å². The number of carbonyl (C=O) groups is 1. The zero-order valence-electron chi connectivity index (χ0n) is 18.7. The lowest BCUT2D eigenvalue weighted by molar-refractivity contribution is 0.102. The van der Waals surface area contributed by atoms with Crippen LogP contribution in [-0.4, -0.2) is 42.3 Å². The van der Waals surface area contributed by atoms with E-state index in [2.05, 4.69) is 15.6 Å². The molecule has 2 aliphatic rings. The zero-order chi connectivity index (χ0) is 24.6. The highest BCUT2D eigenvalue weighted by Gasteiger charge is 2.42. The Balaban J connectivity index is 1.23. The number of fused-ring (bicyclic) bond motifs is 1. The summed E-state index contributed by atoms with van der Waals surface area (Å²) in [6.07, 6.45) is 0. The second-order valence-corrected chi connectivity index (χ2v) is 12.2. The Morgan fingerprint density at radius 2 is 1.71 bits per heavy atom. The molecule has 10 heteroatoms. The molecule has 7 nitrogen and oxygen atoms in total. The fourth-order valence-corrected chi connectivity index (χ4v) is 7.67. The van der Waals surface area contributed by atoms with Gasteiger partial charge in [0.25, 0.3) is 5.91 Å². The van der Waals surface area contributed by atoms with Gasteiger partial charge in [0.1, 0.15) is 11.5 Å². The van der Waals surface area contributed by atoms with E-state index in [-0.39, 0.29) is 28.7 Å².